The lowest BCUT2D eigenvalue weighted by molar-refractivity contribution is 0.669. The summed E-state index contributed by atoms with van der Waals surface area (Å²) in [5.41, 5.74) is 7.59. The molecular formula is C40H25NOS. The lowest BCUT2D eigenvalue weighted by Gasteiger charge is -2.28. The van der Waals surface area contributed by atoms with Gasteiger partial charge in [0.25, 0.3) is 0 Å². The standard InChI is InChI=1S/C40H25NOS/c1-2-11-26(12-3-1)28-23-24-34(30-14-5-4-13-29(28)30)41(27-21-22-32-31-15-6-8-18-36(31)42-37(32)25-27)35-17-10-20-39-40(35)33-16-7-9-19-38(33)43-39/h1-25H. The average Bonchev–Trinajstić information content (AvgIpc) is 3.64. The third kappa shape index (κ3) is 3.79. The molecule has 0 radical (unpaired) electrons. The molecule has 0 amide bonds. The third-order valence-electron chi connectivity index (χ3n) is 8.47. The van der Waals surface area contributed by atoms with Crippen LogP contribution >= 0.6 is 11.3 Å². The first-order valence-electron chi connectivity index (χ1n) is 14.5. The molecule has 0 spiro atoms. The molecule has 7 aromatic carbocycles. The Balaban J connectivity index is 1.37. The van der Waals surface area contributed by atoms with Crippen LogP contribution in [0, 0.1) is 0 Å². The maximum atomic E-state index is 6.40. The van der Waals surface area contributed by atoms with Gasteiger partial charge in [0.15, 0.2) is 0 Å². The van der Waals surface area contributed by atoms with E-state index in [1.165, 1.54) is 42.1 Å². The number of hydrogen-bond donors (Lipinski definition) is 0. The maximum absolute atomic E-state index is 6.40. The van der Waals surface area contributed by atoms with Gasteiger partial charge in [-0.25, -0.2) is 0 Å². The van der Waals surface area contributed by atoms with Crippen LogP contribution in [0.1, 0.15) is 0 Å². The van der Waals surface area contributed by atoms with Crippen molar-refractivity contribution in [2.75, 3.05) is 4.90 Å². The fraction of sp³-hybridized carbons (Fsp3) is 0. The Morgan fingerprint density at radius 1 is 0.442 bits per heavy atom. The highest BCUT2D eigenvalue weighted by atomic mass is 32.1. The normalized spacial score (nSPS) is 11.7. The first-order chi connectivity index (χ1) is 21.3. The topological polar surface area (TPSA) is 16.4 Å². The number of rotatable bonds is 4. The van der Waals surface area contributed by atoms with Gasteiger partial charge in [0.2, 0.25) is 0 Å². The van der Waals surface area contributed by atoms with Crippen LogP contribution in [-0.2, 0) is 0 Å². The molecule has 0 N–H and O–H groups in total. The van der Waals surface area contributed by atoms with Crippen molar-refractivity contribution in [1.82, 2.24) is 0 Å². The van der Waals surface area contributed by atoms with E-state index in [1.54, 1.807) is 0 Å². The highest BCUT2D eigenvalue weighted by molar-refractivity contribution is 7.26. The van der Waals surface area contributed by atoms with Crippen molar-refractivity contribution >= 4 is 81.3 Å². The lowest BCUT2D eigenvalue weighted by atomic mass is 9.96. The second kappa shape index (κ2) is 9.59. The van der Waals surface area contributed by atoms with Gasteiger partial charge < -0.3 is 9.32 Å². The number of benzene rings is 7. The molecule has 0 bridgehead atoms. The molecule has 0 aliphatic carbocycles. The Hall–Kier alpha value is -5.38. The van der Waals surface area contributed by atoms with Gasteiger partial charge in [-0.3, -0.25) is 0 Å². The number of furan rings is 1. The second-order valence-corrected chi connectivity index (χ2v) is 12.0. The van der Waals surface area contributed by atoms with Crippen molar-refractivity contribution in [3.05, 3.63) is 152 Å². The Morgan fingerprint density at radius 2 is 1.14 bits per heavy atom. The molecule has 0 aliphatic heterocycles. The molecule has 2 heterocycles. The number of nitrogens with zero attached hydrogens (tertiary/aromatic N) is 1. The SMILES string of the molecule is c1ccc(-c2ccc(N(c3ccc4c(c3)oc3ccccc34)c3cccc4sc5ccccc5c34)c3ccccc23)cc1. The van der Waals surface area contributed by atoms with Gasteiger partial charge in [0.05, 0.1) is 11.4 Å². The van der Waals surface area contributed by atoms with Crippen molar-refractivity contribution < 1.29 is 4.42 Å². The van der Waals surface area contributed by atoms with E-state index in [2.05, 4.69) is 144 Å². The van der Waals surface area contributed by atoms with Gasteiger partial charge in [-0.15, -0.1) is 11.3 Å². The van der Waals surface area contributed by atoms with Crippen LogP contribution in [-0.4, -0.2) is 0 Å². The molecule has 0 fully saturated rings. The molecular weight excluding hydrogens is 543 g/mol. The van der Waals surface area contributed by atoms with Crippen molar-refractivity contribution in [2.45, 2.75) is 0 Å². The zero-order valence-corrected chi connectivity index (χ0v) is 24.0. The first-order valence-corrected chi connectivity index (χ1v) is 15.3. The van der Waals surface area contributed by atoms with Crippen LogP contribution in [0.25, 0.3) is 64.0 Å². The molecule has 43 heavy (non-hydrogen) atoms. The summed E-state index contributed by atoms with van der Waals surface area (Å²) in [6.45, 7) is 0. The minimum atomic E-state index is 0.885. The van der Waals surface area contributed by atoms with Gasteiger partial charge >= 0.3 is 0 Å². The van der Waals surface area contributed by atoms with Crippen LogP contribution in [0.15, 0.2) is 156 Å². The molecule has 9 rings (SSSR count). The molecule has 2 nitrogen and oxygen atoms in total. The van der Waals surface area contributed by atoms with E-state index in [-0.39, 0.29) is 0 Å². The van der Waals surface area contributed by atoms with Gasteiger partial charge in [-0.05, 0) is 59.0 Å². The Labute approximate surface area is 252 Å². The summed E-state index contributed by atoms with van der Waals surface area (Å²) >= 11 is 1.85. The van der Waals surface area contributed by atoms with E-state index in [1.807, 2.05) is 23.5 Å². The predicted molar refractivity (Wildman–Crippen MR) is 184 cm³/mol. The predicted octanol–water partition coefficient (Wildman–Crippen LogP) is 12.2. The Kier molecular flexibility index (Phi) is 5.40. The molecule has 0 atom stereocenters. The van der Waals surface area contributed by atoms with Crippen LogP contribution in [0.5, 0.6) is 0 Å². The summed E-state index contributed by atoms with van der Waals surface area (Å²) in [7, 11) is 0. The van der Waals surface area contributed by atoms with E-state index < -0.39 is 0 Å². The van der Waals surface area contributed by atoms with Crippen molar-refractivity contribution in [2.24, 2.45) is 0 Å². The maximum Gasteiger partial charge on any atom is 0.137 e. The fourth-order valence-corrected chi connectivity index (χ4v) is 7.68. The molecule has 0 saturated carbocycles. The van der Waals surface area contributed by atoms with Gasteiger partial charge in [-0.1, -0.05) is 103 Å². The third-order valence-corrected chi connectivity index (χ3v) is 9.60. The quantitative estimate of drug-likeness (QED) is 0.210. The van der Waals surface area contributed by atoms with Crippen molar-refractivity contribution in [1.29, 1.82) is 0 Å². The van der Waals surface area contributed by atoms with E-state index in [9.17, 15) is 0 Å². The largest absolute Gasteiger partial charge is 0.456 e. The fourth-order valence-electron chi connectivity index (χ4n) is 6.55. The average molecular weight is 568 g/mol. The first kappa shape index (κ1) is 24.2. The lowest BCUT2D eigenvalue weighted by Crippen LogP contribution is -2.11. The van der Waals surface area contributed by atoms with Crippen molar-refractivity contribution in [3.8, 4) is 11.1 Å². The number of fused-ring (bicyclic) bond motifs is 7. The number of anilines is 3. The van der Waals surface area contributed by atoms with E-state index in [0.717, 1.165) is 39.0 Å². The van der Waals surface area contributed by atoms with Crippen molar-refractivity contribution in [3.63, 3.8) is 0 Å². The van der Waals surface area contributed by atoms with Gasteiger partial charge in [-0.2, -0.15) is 0 Å². The minimum Gasteiger partial charge on any atom is -0.456 e. The summed E-state index contributed by atoms with van der Waals surface area (Å²) in [5, 5.41) is 7.23. The highest BCUT2D eigenvalue weighted by Crippen LogP contribution is 2.48. The molecule has 3 heteroatoms. The Morgan fingerprint density at radius 3 is 2.02 bits per heavy atom. The molecule has 2 aromatic heterocycles. The smallest absolute Gasteiger partial charge is 0.137 e. The number of thiophene rings is 1. The highest BCUT2D eigenvalue weighted by Gasteiger charge is 2.22. The van der Waals surface area contributed by atoms with Crippen LogP contribution in [0.2, 0.25) is 0 Å². The summed E-state index contributed by atoms with van der Waals surface area (Å²) in [6.07, 6.45) is 0. The number of hydrogen-bond acceptors (Lipinski definition) is 3. The number of para-hydroxylation sites is 1. The molecule has 0 saturated heterocycles. The van der Waals surface area contributed by atoms with Crippen LogP contribution in [0.4, 0.5) is 17.1 Å². The summed E-state index contributed by atoms with van der Waals surface area (Å²) in [6, 6.07) is 54.3. The van der Waals surface area contributed by atoms with E-state index >= 15 is 0 Å². The van der Waals surface area contributed by atoms with E-state index in [0.29, 0.717) is 0 Å². The summed E-state index contributed by atoms with van der Waals surface area (Å²) in [5.74, 6) is 0. The van der Waals surface area contributed by atoms with E-state index in [4.69, 9.17) is 4.42 Å². The second-order valence-electron chi connectivity index (χ2n) is 10.9. The Bertz CT molecular complexity index is 2470. The molecule has 9 aromatic rings. The zero-order valence-electron chi connectivity index (χ0n) is 23.2. The molecule has 0 unspecified atom stereocenters. The minimum absolute atomic E-state index is 0.885. The van der Waals surface area contributed by atoms with Gasteiger partial charge in [0, 0.05) is 48.1 Å². The summed E-state index contributed by atoms with van der Waals surface area (Å²) < 4.78 is 8.97. The van der Waals surface area contributed by atoms with Gasteiger partial charge in [0.1, 0.15) is 11.2 Å². The van der Waals surface area contributed by atoms with Crippen LogP contribution in [0.3, 0.4) is 0 Å². The monoisotopic (exact) mass is 567 g/mol. The summed E-state index contributed by atoms with van der Waals surface area (Å²) in [4.78, 5) is 2.42. The molecule has 202 valence electrons. The molecule has 0 aliphatic rings. The zero-order chi connectivity index (χ0) is 28.3. The van der Waals surface area contributed by atoms with Crippen LogP contribution < -0.4 is 4.90 Å².